The summed E-state index contributed by atoms with van der Waals surface area (Å²) in [4.78, 5) is 16.8. The Morgan fingerprint density at radius 2 is 2.27 bits per heavy atom. The second-order valence-corrected chi connectivity index (χ2v) is 6.27. The summed E-state index contributed by atoms with van der Waals surface area (Å²) in [6.07, 6.45) is 4.14. The molecule has 22 heavy (non-hydrogen) atoms. The molecule has 1 aliphatic heterocycles. The van der Waals surface area contributed by atoms with Gasteiger partial charge in [-0.25, -0.2) is 0 Å². The number of hydrogen-bond acceptors (Lipinski definition) is 2. The molecule has 2 N–H and O–H groups in total. The van der Waals surface area contributed by atoms with E-state index in [4.69, 9.17) is 0 Å². The molecule has 0 spiro atoms. The Bertz CT molecular complexity index is 649. The molecule has 4 heteroatoms. The predicted octanol–water partition coefficient (Wildman–Crippen LogP) is 2.90. The number of benzene rings is 1. The maximum absolute atomic E-state index is 11.6. The number of aromatic amines is 1. The number of likely N-dealkylation sites (tertiary alicyclic amines) is 1. The average Bonchev–Trinajstić information content (AvgIpc) is 3.01. The highest BCUT2D eigenvalue weighted by atomic mass is 16.2. The van der Waals surface area contributed by atoms with Crippen molar-refractivity contribution >= 4 is 16.8 Å². The van der Waals surface area contributed by atoms with E-state index in [9.17, 15) is 4.79 Å². The first kappa shape index (κ1) is 15.1. The monoisotopic (exact) mass is 299 g/mol. The van der Waals surface area contributed by atoms with Crippen LogP contribution in [0.15, 0.2) is 30.5 Å². The number of carbonyl (C=O) groups is 1. The normalized spacial score (nSPS) is 22.2. The fourth-order valence-electron chi connectivity index (χ4n) is 3.55. The lowest BCUT2D eigenvalue weighted by Gasteiger charge is -2.38. The lowest BCUT2D eigenvalue weighted by molar-refractivity contribution is -0.131. The Morgan fingerprint density at radius 3 is 3.05 bits per heavy atom. The Morgan fingerprint density at radius 1 is 1.41 bits per heavy atom. The van der Waals surface area contributed by atoms with Gasteiger partial charge in [0.1, 0.15) is 0 Å². The zero-order chi connectivity index (χ0) is 15.5. The van der Waals surface area contributed by atoms with Crippen molar-refractivity contribution in [2.75, 3.05) is 13.1 Å². The van der Waals surface area contributed by atoms with Crippen LogP contribution in [0.1, 0.15) is 32.3 Å². The van der Waals surface area contributed by atoms with Gasteiger partial charge in [0.25, 0.3) is 0 Å². The summed E-state index contributed by atoms with van der Waals surface area (Å²) in [5, 5.41) is 5.02. The third-order valence-electron chi connectivity index (χ3n) is 4.94. The van der Waals surface area contributed by atoms with Gasteiger partial charge in [0.15, 0.2) is 0 Å². The minimum Gasteiger partial charge on any atom is -0.361 e. The molecule has 0 bridgehead atoms. The molecular formula is C18H25N3O. The minimum atomic E-state index is 0.203. The van der Waals surface area contributed by atoms with Crippen LogP contribution < -0.4 is 5.32 Å². The highest BCUT2D eigenvalue weighted by Crippen LogP contribution is 2.22. The van der Waals surface area contributed by atoms with Gasteiger partial charge in [-0.1, -0.05) is 25.5 Å². The van der Waals surface area contributed by atoms with Gasteiger partial charge in [-0.2, -0.15) is 0 Å². The first-order valence-electron chi connectivity index (χ1n) is 8.23. The van der Waals surface area contributed by atoms with E-state index in [1.807, 2.05) is 11.1 Å². The maximum atomic E-state index is 11.6. The number of aromatic nitrogens is 1. The fraction of sp³-hybridized carbons (Fsp3) is 0.500. The Hall–Kier alpha value is -1.81. The molecule has 4 nitrogen and oxygen atoms in total. The lowest BCUT2D eigenvalue weighted by Crippen LogP contribution is -2.50. The van der Waals surface area contributed by atoms with Crippen molar-refractivity contribution in [2.45, 2.75) is 39.3 Å². The molecule has 1 aliphatic rings. The van der Waals surface area contributed by atoms with Crippen LogP contribution in [0.4, 0.5) is 0 Å². The van der Waals surface area contributed by atoms with Crippen LogP contribution in [0.25, 0.3) is 10.9 Å². The van der Waals surface area contributed by atoms with Gasteiger partial charge in [-0.05, 0) is 30.0 Å². The van der Waals surface area contributed by atoms with Crippen LogP contribution in [-0.4, -0.2) is 34.9 Å². The first-order valence-corrected chi connectivity index (χ1v) is 8.23. The topological polar surface area (TPSA) is 48.1 Å². The van der Waals surface area contributed by atoms with Gasteiger partial charge >= 0.3 is 0 Å². The lowest BCUT2D eigenvalue weighted by atomic mass is 9.89. The number of rotatable bonds is 4. The van der Waals surface area contributed by atoms with E-state index in [2.05, 4.69) is 41.5 Å². The fourth-order valence-corrected chi connectivity index (χ4v) is 3.55. The van der Waals surface area contributed by atoms with E-state index in [0.717, 1.165) is 32.5 Å². The Balaban J connectivity index is 1.66. The smallest absolute Gasteiger partial charge is 0.219 e. The van der Waals surface area contributed by atoms with E-state index in [0.29, 0.717) is 12.0 Å². The number of amides is 1. The van der Waals surface area contributed by atoms with Crippen LogP contribution >= 0.6 is 0 Å². The molecular weight excluding hydrogens is 274 g/mol. The number of hydrogen-bond donors (Lipinski definition) is 2. The second kappa shape index (κ2) is 6.53. The molecule has 1 fully saturated rings. The number of carbonyl (C=O) groups excluding carboxylic acids is 1. The standard InChI is InChI=1S/C18H25N3O/c1-3-14-12-21(13(2)22)10-8-17(14)20-11-15-5-4-6-18-16(15)7-9-19-18/h4-7,9,14,17,19-20H,3,8,10-12H2,1-2H3/t14-,17-/m1/s1. The molecule has 2 aromatic rings. The third kappa shape index (κ3) is 3.02. The number of nitrogens with zero attached hydrogens (tertiary/aromatic N) is 1. The Kier molecular flexibility index (Phi) is 4.48. The maximum Gasteiger partial charge on any atom is 0.219 e. The summed E-state index contributed by atoms with van der Waals surface area (Å²) in [6, 6.07) is 9.04. The largest absolute Gasteiger partial charge is 0.361 e. The van der Waals surface area contributed by atoms with E-state index in [-0.39, 0.29) is 5.91 Å². The van der Waals surface area contributed by atoms with Gasteiger partial charge in [0, 0.05) is 49.7 Å². The van der Waals surface area contributed by atoms with Crippen molar-refractivity contribution in [3.63, 3.8) is 0 Å². The summed E-state index contributed by atoms with van der Waals surface area (Å²) in [5.74, 6) is 0.747. The second-order valence-electron chi connectivity index (χ2n) is 6.27. The average molecular weight is 299 g/mol. The minimum absolute atomic E-state index is 0.203. The van der Waals surface area contributed by atoms with Crippen molar-refractivity contribution in [3.05, 3.63) is 36.0 Å². The van der Waals surface area contributed by atoms with Gasteiger partial charge < -0.3 is 15.2 Å². The number of nitrogens with one attached hydrogen (secondary N) is 2. The van der Waals surface area contributed by atoms with Crippen LogP contribution in [0.2, 0.25) is 0 Å². The number of fused-ring (bicyclic) bond motifs is 1. The number of piperidine rings is 1. The van der Waals surface area contributed by atoms with Crippen molar-refractivity contribution in [2.24, 2.45) is 5.92 Å². The molecule has 1 aromatic heterocycles. The van der Waals surface area contributed by atoms with Crippen LogP contribution in [0, 0.1) is 5.92 Å². The highest BCUT2D eigenvalue weighted by molar-refractivity contribution is 5.82. The van der Waals surface area contributed by atoms with Crippen molar-refractivity contribution < 1.29 is 4.79 Å². The van der Waals surface area contributed by atoms with Crippen molar-refractivity contribution in [1.82, 2.24) is 15.2 Å². The van der Waals surface area contributed by atoms with E-state index in [1.165, 1.54) is 16.5 Å². The summed E-state index contributed by atoms with van der Waals surface area (Å²) in [7, 11) is 0. The highest BCUT2D eigenvalue weighted by Gasteiger charge is 2.28. The molecule has 3 rings (SSSR count). The molecule has 1 aromatic carbocycles. The van der Waals surface area contributed by atoms with Gasteiger partial charge in [0.2, 0.25) is 5.91 Å². The zero-order valence-electron chi connectivity index (χ0n) is 13.4. The van der Waals surface area contributed by atoms with Crippen LogP contribution in [0.5, 0.6) is 0 Å². The van der Waals surface area contributed by atoms with Gasteiger partial charge in [-0.15, -0.1) is 0 Å². The molecule has 2 atom stereocenters. The summed E-state index contributed by atoms with van der Waals surface area (Å²) in [5.41, 5.74) is 2.53. The van der Waals surface area contributed by atoms with Crippen LogP contribution in [0.3, 0.4) is 0 Å². The molecule has 0 unspecified atom stereocenters. The van der Waals surface area contributed by atoms with Crippen molar-refractivity contribution in [1.29, 1.82) is 0 Å². The van der Waals surface area contributed by atoms with Crippen LogP contribution in [-0.2, 0) is 11.3 Å². The van der Waals surface area contributed by atoms with E-state index < -0.39 is 0 Å². The summed E-state index contributed by atoms with van der Waals surface area (Å²) >= 11 is 0. The van der Waals surface area contributed by atoms with E-state index in [1.54, 1.807) is 6.92 Å². The molecule has 0 radical (unpaired) electrons. The summed E-state index contributed by atoms with van der Waals surface area (Å²) < 4.78 is 0. The first-order chi connectivity index (χ1) is 10.7. The van der Waals surface area contributed by atoms with Gasteiger partial charge in [-0.3, -0.25) is 4.79 Å². The Labute approximate surface area is 131 Å². The quantitative estimate of drug-likeness (QED) is 0.912. The molecule has 118 valence electrons. The molecule has 1 saturated heterocycles. The SMILES string of the molecule is CC[C@@H]1CN(C(C)=O)CC[C@H]1NCc1cccc2[nH]ccc12. The molecule has 0 aliphatic carbocycles. The third-order valence-corrected chi connectivity index (χ3v) is 4.94. The van der Waals surface area contributed by atoms with Gasteiger partial charge in [0.05, 0.1) is 0 Å². The van der Waals surface area contributed by atoms with Crippen molar-refractivity contribution in [3.8, 4) is 0 Å². The van der Waals surface area contributed by atoms with E-state index >= 15 is 0 Å². The molecule has 0 saturated carbocycles. The zero-order valence-corrected chi connectivity index (χ0v) is 13.4. The molecule has 1 amide bonds. The number of H-pyrrole nitrogens is 1. The summed E-state index contributed by atoms with van der Waals surface area (Å²) in [6.45, 7) is 6.54. The molecule has 2 heterocycles. The predicted molar refractivity (Wildman–Crippen MR) is 89.6 cm³/mol.